The van der Waals surface area contributed by atoms with Gasteiger partial charge in [-0.3, -0.25) is 4.79 Å². The molecule has 162 valence electrons. The van der Waals surface area contributed by atoms with Crippen LogP contribution in [0.5, 0.6) is 5.75 Å². The molecule has 0 aromatic heterocycles. The largest absolute Gasteiger partial charge is 0.489 e. The predicted molar refractivity (Wildman–Crippen MR) is 105 cm³/mol. The molecule has 30 heavy (non-hydrogen) atoms. The van der Waals surface area contributed by atoms with E-state index in [1.165, 1.54) is 22.9 Å². The molecule has 2 aromatic rings. The Kier molecular flexibility index (Phi) is 6.45. The third-order valence-electron chi connectivity index (χ3n) is 4.04. The van der Waals surface area contributed by atoms with E-state index in [-0.39, 0.29) is 22.2 Å². The van der Waals surface area contributed by atoms with Crippen LogP contribution in [-0.4, -0.2) is 37.6 Å². The van der Waals surface area contributed by atoms with Crippen LogP contribution in [0.1, 0.15) is 15.9 Å². The molecule has 0 saturated carbocycles. The van der Waals surface area contributed by atoms with Gasteiger partial charge in [0.15, 0.2) is 0 Å². The zero-order valence-corrected chi connectivity index (χ0v) is 17.8. The van der Waals surface area contributed by atoms with Gasteiger partial charge in [-0.25, -0.2) is 17.9 Å². The lowest BCUT2D eigenvalue weighted by atomic mass is 10.1. The maximum Gasteiger partial charge on any atom is 0.304 e. The Balaban J connectivity index is 1.70. The fraction of sp³-hybridized carbons (Fsp3) is 0.235. The van der Waals surface area contributed by atoms with Crippen molar-refractivity contribution in [1.29, 1.82) is 0 Å². The van der Waals surface area contributed by atoms with Crippen molar-refractivity contribution in [3.8, 4) is 5.75 Å². The standard InChI is InChI=1S/C17H12Cl3F3N2O4S/c18-12-2-1-10(4-14(12)20)29-6-9-3-15(21)11(5-13(9)19)16(26)24-30(27,28)25-7-17(22,23)8-25/h1-5H,6-8H2,(H,24,26). The van der Waals surface area contributed by atoms with Gasteiger partial charge in [-0.15, -0.1) is 0 Å². The average molecular weight is 504 g/mol. The number of nitrogens with zero attached hydrogens (tertiary/aromatic N) is 1. The van der Waals surface area contributed by atoms with Gasteiger partial charge in [-0.2, -0.15) is 12.7 Å². The Morgan fingerprint density at radius 1 is 1.10 bits per heavy atom. The maximum absolute atomic E-state index is 14.4. The zero-order valence-electron chi connectivity index (χ0n) is 14.8. The molecule has 1 aliphatic rings. The highest BCUT2D eigenvalue weighted by Crippen LogP contribution is 2.30. The van der Waals surface area contributed by atoms with Crippen LogP contribution in [-0.2, 0) is 16.8 Å². The van der Waals surface area contributed by atoms with Crippen molar-refractivity contribution in [3.05, 3.63) is 62.3 Å². The number of nitrogens with one attached hydrogen (secondary N) is 1. The normalized spacial score (nSPS) is 16.1. The fourth-order valence-electron chi connectivity index (χ4n) is 2.48. The minimum atomic E-state index is -4.54. The topological polar surface area (TPSA) is 75.7 Å². The molecule has 3 rings (SSSR count). The van der Waals surface area contributed by atoms with Crippen LogP contribution in [0, 0.1) is 5.82 Å². The number of ether oxygens (including phenoxy) is 1. The van der Waals surface area contributed by atoms with Gasteiger partial charge in [0, 0.05) is 16.7 Å². The van der Waals surface area contributed by atoms with Crippen molar-refractivity contribution < 1.29 is 31.1 Å². The second kappa shape index (κ2) is 8.43. The first-order chi connectivity index (χ1) is 13.9. The van der Waals surface area contributed by atoms with Crippen LogP contribution in [0.4, 0.5) is 13.2 Å². The smallest absolute Gasteiger partial charge is 0.304 e. The van der Waals surface area contributed by atoms with Crippen molar-refractivity contribution >= 4 is 50.9 Å². The van der Waals surface area contributed by atoms with E-state index in [0.29, 0.717) is 15.1 Å². The molecule has 0 atom stereocenters. The second-order valence-electron chi connectivity index (χ2n) is 6.35. The molecule has 0 spiro atoms. The van der Waals surface area contributed by atoms with E-state index in [9.17, 15) is 26.4 Å². The Morgan fingerprint density at radius 2 is 1.77 bits per heavy atom. The van der Waals surface area contributed by atoms with E-state index < -0.39 is 46.5 Å². The molecule has 1 saturated heterocycles. The summed E-state index contributed by atoms with van der Waals surface area (Å²) in [7, 11) is -4.54. The third-order valence-corrected chi connectivity index (χ3v) is 6.52. The van der Waals surface area contributed by atoms with Gasteiger partial charge in [0.05, 0.1) is 28.7 Å². The number of hydrogen-bond donors (Lipinski definition) is 1. The molecule has 1 aliphatic heterocycles. The van der Waals surface area contributed by atoms with Crippen LogP contribution in [0.25, 0.3) is 0 Å². The number of amides is 1. The third kappa shape index (κ3) is 5.12. The summed E-state index contributed by atoms with van der Waals surface area (Å²) in [4.78, 5) is 12.1. The first-order valence-corrected chi connectivity index (χ1v) is 10.7. The summed E-state index contributed by atoms with van der Waals surface area (Å²) in [5.74, 6) is -5.25. The lowest BCUT2D eigenvalue weighted by Crippen LogP contribution is -2.61. The van der Waals surface area contributed by atoms with E-state index in [4.69, 9.17) is 39.5 Å². The monoisotopic (exact) mass is 502 g/mol. The van der Waals surface area contributed by atoms with Gasteiger partial charge in [0.1, 0.15) is 18.2 Å². The lowest BCUT2D eigenvalue weighted by Gasteiger charge is -2.37. The van der Waals surface area contributed by atoms with Crippen molar-refractivity contribution in [2.24, 2.45) is 0 Å². The van der Waals surface area contributed by atoms with Crippen molar-refractivity contribution in [2.45, 2.75) is 12.5 Å². The lowest BCUT2D eigenvalue weighted by molar-refractivity contribution is -0.0948. The Hall–Kier alpha value is -1.72. The summed E-state index contributed by atoms with van der Waals surface area (Å²) in [5, 5.41) is 0.495. The van der Waals surface area contributed by atoms with Gasteiger partial charge >= 0.3 is 10.2 Å². The Bertz CT molecular complexity index is 1110. The second-order valence-corrected chi connectivity index (χ2v) is 9.24. The van der Waals surface area contributed by atoms with Crippen LogP contribution >= 0.6 is 34.8 Å². The minimum Gasteiger partial charge on any atom is -0.489 e. The molecule has 1 heterocycles. The first kappa shape index (κ1) is 23.0. The van der Waals surface area contributed by atoms with Gasteiger partial charge in [-0.1, -0.05) is 34.8 Å². The summed E-state index contributed by atoms with van der Waals surface area (Å²) < 4.78 is 71.3. The summed E-state index contributed by atoms with van der Waals surface area (Å²) in [5.41, 5.74) is -0.504. The summed E-state index contributed by atoms with van der Waals surface area (Å²) in [6.45, 7) is -2.32. The maximum atomic E-state index is 14.4. The van der Waals surface area contributed by atoms with E-state index in [1.807, 2.05) is 0 Å². The molecular weight excluding hydrogens is 492 g/mol. The highest BCUT2D eigenvalue weighted by Gasteiger charge is 2.50. The SMILES string of the molecule is O=C(NS(=O)(=O)N1CC(F)(F)C1)c1cc(Cl)c(COc2ccc(Cl)c(Cl)c2)cc1F. The average Bonchev–Trinajstić information content (AvgIpc) is 2.62. The molecule has 0 radical (unpaired) electrons. The molecule has 13 heteroatoms. The Morgan fingerprint density at radius 3 is 2.37 bits per heavy atom. The molecule has 0 unspecified atom stereocenters. The number of hydrogen-bond acceptors (Lipinski definition) is 4. The summed E-state index contributed by atoms with van der Waals surface area (Å²) in [6.07, 6.45) is 0. The fourth-order valence-corrected chi connectivity index (χ4v) is 4.17. The number of carbonyl (C=O) groups excluding carboxylic acids is 1. The van der Waals surface area contributed by atoms with Crippen LogP contribution in [0.2, 0.25) is 15.1 Å². The van der Waals surface area contributed by atoms with Crippen molar-refractivity contribution in [3.63, 3.8) is 0 Å². The van der Waals surface area contributed by atoms with Gasteiger partial charge in [-0.05, 0) is 24.3 Å². The van der Waals surface area contributed by atoms with Crippen LogP contribution < -0.4 is 9.46 Å². The quantitative estimate of drug-likeness (QED) is 0.638. The number of benzene rings is 2. The van der Waals surface area contributed by atoms with E-state index in [0.717, 1.165) is 12.1 Å². The van der Waals surface area contributed by atoms with Crippen LogP contribution in [0.15, 0.2) is 30.3 Å². The molecule has 1 fully saturated rings. The van der Waals surface area contributed by atoms with E-state index >= 15 is 0 Å². The van der Waals surface area contributed by atoms with Crippen molar-refractivity contribution in [1.82, 2.24) is 9.03 Å². The van der Waals surface area contributed by atoms with E-state index in [2.05, 4.69) is 0 Å². The molecule has 2 aromatic carbocycles. The summed E-state index contributed by atoms with van der Waals surface area (Å²) in [6, 6.07) is 6.30. The molecule has 0 bridgehead atoms. The number of alkyl halides is 2. The molecular formula is C17H12Cl3F3N2O4S. The van der Waals surface area contributed by atoms with Crippen molar-refractivity contribution in [2.75, 3.05) is 13.1 Å². The zero-order chi connectivity index (χ0) is 22.3. The molecule has 1 N–H and O–H groups in total. The molecule has 6 nitrogen and oxygen atoms in total. The number of rotatable bonds is 6. The molecule has 0 aliphatic carbocycles. The van der Waals surface area contributed by atoms with Gasteiger partial charge in [0.2, 0.25) is 0 Å². The molecule has 1 amide bonds. The van der Waals surface area contributed by atoms with Gasteiger partial charge in [0.25, 0.3) is 11.8 Å². The van der Waals surface area contributed by atoms with Gasteiger partial charge < -0.3 is 4.74 Å². The first-order valence-electron chi connectivity index (χ1n) is 8.14. The minimum absolute atomic E-state index is 0.0745. The predicted octanol–water partition coefficient (Wildman–Crippen LogP) is 4.29. The number of halogens is 6. The highest BCUT2D eigenvalue weighted by molar-refractivity contribution is 7.87. The summed E-state index contributed by atoms with van der Waals surface area (Å²) >= 11 is 17.7. The number of carbonyl (C=O) groups is 1. The van der Waals surface area contributed by atoms with E-state index in [1.54, 1.807) is 0 Å². The highest BCUT2D eigenvalue weighted by atomic mass is 35.5. The van der Waals surface area contributed by atoms with Crippen LogP contribution in [0.3, 0.4) is 0 Å². The Labute approximate surface area is 184 Å².